The van der Waals surface area contributed by atoms with Crippen molar-refractivity contribution in [3.05, 3.63) is 29.8 Å². The molecule has 0 bridgehead atoms. The normalized spacial score (nSPS) is 28.3. The maximum atomic E-state index is 10.5. The Balaban J connectivity index is 1.66. The molecule has 3 rings (SSSR count). The van der Waals surface area contributed by atoms with E-state index in [1.54, 1.807) is 0 Å². The second-order valence-corrected chi connectivity index (χ2v) is 5.60. The van der Waals surface area contributed by atoms with Crippen LogP contribution in [0.3, 0.4) is 0 Å². The van der Waals surface area contributed by atoms with Crippen LogP contribution in [0.5, 0.6) is 5.75 Å². The standard InChI is InChI=1S/C16H22O3/c1-2-15-14(9-10-18-15)16(17)11-3-5-12(6-4-11)19-13-7-8-13/h3-6,13-17H,2,7-10H2,1H3. The molecule has 1 N–H and O–H groups in total. The summed E-state index contributed by atoms with van der Waals surface area (Å²) in [5.41, 5.74) is 0.970. The number of benzene rings is 1. The highest BCUT2D eigenvalue weighted by atomic mass is 16.5. The molecular formula is C16H22O3. The summed E-state index contributed by atoms with van der Waals surface area (Å²) >= 11 is 0. The zero-order chi connectivity index (χ0) is 13.2. The van der Waals surface area contributed by atoms with E-state index in [-0.39, 0.29) is 12.0 Å². The number of hydrogen-bond acceptors (Lipinski definition) is 3. The highest BCUT2D eigenvalue weighted by Gasteiger charge is 2.33. The molecule has 3 atom stereocenters. The molecule has 0 amide bonds. The molecule has 0 spiro atoms. The first-order chi connectivity index (χ1) is 9.28. The summed E-state index contributed by atoms with van der Waals surface area (Å²) in [5.74, 6) is 1.13. The molecule has 1 heterocycles. The Hall–Kier alpha value is -1.06. The van der Waals surface area contributed by atoms with Crippen LogP contribution in [0, 0.1) is 5.92 Å². The Morgan fingerprint density at radius 3 is 2.63 bits per heavy atom. The van der Waals surface area contributed by atoms with Crippen molar-refractivity contribution in [1.82, 2.24) is 0 Å². The van der Waals surface area contributed by atoms with Crippen molar-refractivity contribution in [2.24, 2.45) is 5.92 Å². The minimum Gasteiger partial charge on any atom is -0.490 e. The lowest BCUT2D eigenvalue weighted by Crippen LogP contribution is -2.21. The monoisotopic (exact) mass is 262 g/mol. The summed E-state index contributed by atoms with van der Waals surface area (Å²) in [4.78, 5) is 0. The van der Waals surface area contributed by atoms with Gasteiger partial charge < -0.3 is 14.6 Å². The molecule has 3 heteroatoms. The van der Waals surface area contributed by atoms with Crippen molar-refractivity contribution < 1.29 is 14.6 Å². The summed E-state index contributed by atoms with van der Waals surface area (Å²) in [5, 5.41) is 10.5. The number of ether oxygens (including phenoxy) is 2. The van der Waals surface area contributed by atoms with Crippen molar-refractivity contribution >= 4 is 0 Å². The van der Waals surface area contributed by atoms with Gasteiger partial charge in [0.05, 0.1) is 18.3 Å². The highest BCUT2D eigenvalue weighted by Crippen LogP contribution is 2.35. The first-order valence-electron chi connectivity index (χ1n) is 7.34. The molecule has 1 saturated heterocycles. The van der Waals surface area contributed by atoms with Crippen LogP contribution in [0.15, 0.2) is 24.3 Å². The van der Waals surface area contributed by atoms with Gasteiger partial charge in [-0.25, -0.2) is 0 Å². The predicted molar refractivity (Wildman–Crippen MR) is 73.2 cm³/mol. The molecule has 0 aromatic heterocycles. The van der Waals surface area contributed by atoms with Gasteiger partial charge in [-0.1, -0.05) is 19.1 Å². The Labute approximate surface area is 114 Å². The van der Waals surface area contributed by atoms with Gasteiger partial charge in [0, 0.05) is 12.5 Å². The van der Waals surface area contributed by atoms with Crippen molar-refractivity contribution in [2.45, 2.75) is 50.9 Å². The highest BCUT2D eigenvalue weighted by molar-refractivity contribution is 5.29. The van der Waals surface area contributed by atoms with Gasteiger partial charge in [0.1, 0.15) is 5.75 Å². The minimum atomic E-state index is -0.428. The van der Waals surface area contributed by atoms with Crippen LogP contribution >= 0.6 is 0 Å². The zero-order valence-electron chi connectivity index (χ0n) is 11.4. The largest absolute Gasteiger partial charge is 0.490 e. The average Bonchev–Trinajstić information content (AvgIpc) is 3.12. The molecule has 19 heavy (non-hydrogen) atoms. The van der Waals surface area contributed by atoms with Gasteiger partial charge in [0.2, 0.25) is 0 Å². The molecule has 1 aliphatic heterocycles. The lowest BCUT2D eigenvalue weighted by atomic mass is 9.89. The van der Waals surface area contributed by atoms with Crippen molar-refractivity contribution in [3.8, 4) is 5.75 Å². The predicted octanol–water partition coefficient (Wildman–Crippen LogP) is 3.08. The summed E-state index contributed by atoms with van der Waals surface area (Å²) < 4.78 is 11.4. The Morgan fingerprint density at radius 1 is 1.26 bits per heavy atom. The van der Waals surface area contributed by atoms with E-state index in [0.29, 0.717) is 6.10 Å². The molecule has 2 fully saturated rings. The van der Waals surface area contributed by atoms with Crippen molar-refractivity contribution in [1.29, 1.82) is 0 Å². The molecule has 2 aliphatic rings. The van der Waals surface area contributed by atoms with Gasteiger partial charge in [-0.05, 0) is 43.4 Å². The van der Waals surface area contributed by atoms with Gasteiger partial charge in [0.15, 0.2) is 0 Å². The summed E-state index contributed by atoms with van der Waals surface area (Å²) in [6.45, 7) is 2.88. The molecule has 0 radical (unpaired) electrons. The first kappa shape index (κ1) is 12.9. The number of hydrogen-bond donors (Lipinski definition) is 1. The lowest BCUT2D eigenvalue weighted by molar-refractivity contribution is 0.0307. The van der Waals surface area contributed by atoms with Gasteiger partial charge >= 0.3 is 0 Å². The van der Waals surface area contributed by atoms with Crippen molar-refractivity contribution in [2.75, 3.05) is 6.61 Å². The third kappa shape index (κ3) is 2.93. The average molecular weight is 262 g/mol. The zero-order valence-corrected chi connectivity index (χ0v) is 11.4. The van der Waals surface area contributed by atoms with Crippen LogP contribution in [0.25, 0.3) is 0 Å². The number of aliphatic hydroxyl groups is 1. The third-order valence-corrected chi connectivity index (χ3v) is 4.12. The molecule has 1 aromatic carbocycles. The molecule has 1 aromatic rings. The van der Waals surface area contributed by atoms with E-state index < -0.39 is 6.10 Å². The van der Waals surface area contributed by atoms with Gasteiger partial charge in [0.25, 0.3) is 0 Å². The third-order valence-electron chi connectivity index (χ3n) is 4.12. The fourth-order valence-electron chi connectivity index (χ4n) is 2.82. The molecular weight excluding hydrogens is 240 g/mol. The topological polar surface area (TPSA) is 38.7 Å². The molecule has 1 saturated carbocycles. The lowest BCUT2D eigenvalue weighted by Gasteiger charge is -2.23. The summed E-state index contributed by atoms with van der Waals surface area (Å²) in [7, 11) is 0. The van der Waals surface area contributed by atoms with Crippen LogP contribution in [-0.2, 0) is 4.74 Å². The van der Waals surface area contributed by atoms with Crippen LogP contribution in [0.2, 0.25) is 0 Å². The molecule has 3 unspecified atom stereocenters. The second-order valence-electron chi connectivity index (χ2n) is 5.60. The van der Waals surface area contributed by atoms with Crippen LogP contribution < -0.4 is 4.74 Å². The fraction of sp³-hybridized carbons (Fsp3) is 0.625. The molecule has 104 valence electrons. The quantitative estimate of drug-likeness (QED) is 0.886. The van der Waals surface area contributed by atoms with E-state index in [4.69, 9.17) is 9.47 Å². The fourth-order valence-corrected chi connectivity index (χ4v) is 2.82. The van der Waals surface area contributed by atoms with Crippen LogP contribution in [0.1, 0.15) is 44.3 Å². The van der Waals surface area contributed by atoms with Crippen molar-refractivity contribution in [3.63, 3.8) is 0 Å². The van der Waals surface area contributed by atoms with Gasteiger partial charge in [-0.3, -0.25) is 0 Å². The minimum absolute atomic E-state index is 0.192. The van der Waals surface area contributed by atoms with E-state index in [0.717, 1.165) is 30.8 Å². The van der Waals surface area contributed by atoms with E-state index in [2.05, 4.69) is 6.92 Å². The van der Waals surface area contributed by atoms with E-state index >= 15 is 0 Å². The van der Waals surface area contributed by atoms with Gasteiger partial charge in [-0.15, -0.1) is 0 Å². The molecule has 3 nitrogen and oxygen atoms in total. The maximum absolute atomic E-state index is 10.5. The number of aliphatic hydroxyl groups excluding tert-OH is 1. The Morgan fingerprint density at radius 2 is 2.00 bits per heavy atom. The van der Waals surface area contributed by atoms with E-state index in [1.807, 2.05) is 24.3 Å². The van der Waals surface area contributed by atoms with Crippen LogP contribution in [0.4, 0.5) is 0 Å². The second kappa shape index (κ2) is 5.51. The number of rotatable bonds is 5. The van der Waals surface area contributed by atoms with E-state index in [1.165, 1.54) is 12.8 Å². The van der Waals surface area contributed by atoms with Gasteiger partial charge in [-0.2, -0.15) is 0 Å². The Bertz CT molecular complexity index is 411. The first-order valence-corrected chi connectivity index (χ1v) is 7.34. The maximum Gasteiger partial charge on any atom is 0.119 e. The van der Waals surface area contributed by atoms with E-state index in [9.17, 15) is 5.11 Å². The molecule has 1 aliphatic carbocycles. The summed E-state index contributed by atoms with van der Waals surface area (Å²) in [6.07, 6.45) is 4.43. The van der Waals surface area contributed by atoms with Crippen LogP contribution in [-0.4, -0.2) is 23.9 Å². The SMILES string of the molecule is CCC1OCCC1C(O)c1ccc(OC2CC2)cc1. The Kier molecular flexibility index (Phi) is 3.76. The smallest absolute Gasteiger partial charge is 0.119 e. The summed E-state index contributed by atoms with van der Waals surface area (Å²) in [6, 6.07) is 7.89.